The Kier molecular flexibility index (Phi) is 3.43. The lowest BCUT2D eigenvalue weighted by Crippen LogP contribution is -2.07. The van der Waals surface area contributed by atoms with E-state index in [2.05, 4.69) is 0 Å². The molecule has 0 amide bonds. The minimum absolute atomic E-state index is 0.300. The average Bonchev–Trinajstić information content (AvgIpc) is 2.32. The van der Waals surface area contributed by atoms with Crippen molar-refractivity contribution in [3.63, 3.8) is 0 Å². The van der Waals surface area contributed by atoms with Gasteiger partial charge in [-0.1, -0.05) is 29.8 Å². The third-order valence-corrected chi connectivity index (χ3v) is 3.00. The molecule has 0 aromatic heterocycles. The molecule has 3 heteroatoms. The summed E-state index contributed by atoms with van der Waals surface area (Å²) in [6.45, 7) is 3.67. The van der Waals surface area contributed by atoms with Gasteiger partial charge in [-0.05, 0) is 37.1 Å². The quantitative estimate of drug-likeness (QED) is 0.859. The minimum atomic E-state index is -1.29. The number of rotatable bonds is 2. The Morgan fingerprint density at radius 3 is 2.22 bits per heavy atom. The van der Waals surface area contributed by atoms with Gasteiger partial charge in [0.05, 0.1) is 5.56 Å². The number of aliphatic hydroxyl groups excluding tert-OH is 1. The molecule has 0 saturated carbocycles. The van der Waals surface area contributed by atoms with E-state index in [1.165, 1.54) is 6.07 Å². The third-order valence-electron chi connectivity index (χ3n) is 3.00. The molecule has 2 aromatic rings. The van der Waals surface area contributed by atoms with Crippen LogP contribution in [0.3, 0.4) is 0 Å². The molecule has 0 saturated heterocycles. The number of hydrogen-bond donors (Lipinski definition) is 1. The first kappa shape index (κ1) is 12.7. The minimum Gasteiger partial charge on any atom is -0.383 e. The Balaban J connectivity index is 2.54. The van der Waals surface area contributed by atoms with Crippen LogP contribution in [0, 0.1) is 25.5 Å². The van der Waals surface area contributed by atoms with Crippen molar-refractivity contribution >= 4 is 0 Å². The van der Waals surface area contributed by atoms with Gasteiger partial charge in [-0.2, -0.15) is 0 Å². The molecular formula is C15H14F2O. The Hall–Kier alpha value is -1.74. The highest BCUT2D eigenvalue weighted by molar-refractivity contribution is 5.38. The lowest BCUT2D eigenvalue weighted by molar-refractivity contribution is 0.208. The van der Waals surface area contributed by atoms with E-state index in [1.54, 1.807) is 13.0 Å². The Morgan fingerprint density at radius 1 is 1.00 bits per heavy atom. The summed E-state index contributed by atoms with van der Waals surface area (Å²) in [4.78, 5) is 0. The second-order valence-electron chi connectivity index (χ2n) is 4.40. The zero-order chi connectivity index (χ0) is 13.3. The molecule has 0 spiro atoms. The third kappa shape index (κ3) is 2.27. The first-order valence-corrected chi connectivity index (χ1v) is 5.70. The molecular weight excluding hydrogens is 234 g/mol. The van der Waals surface area contributed by atoms with E-state index in [1.807, 2.05) is 19.1 Å². The van der Waals surface area contributed by atoms with Crippen molar-refractivity contribution in [2.75, 3.05) is 0 Å². The summed E-state index contributed by atoms with van der Waals surface area (Å²) >= 11 is 0. The van der Waals surface area contributed by atoms with Crippen molar-refractivity contribution in [3.05, 3.63) is 70.3 Å². The van der Waals surface area contributed by atoms with Gasteiger partial charge in [0.15, 0.2) is 0 Å². The molecule has 2 aromatic carbocycles. The fourth-order valence-electron chi connectivity index (χ4n) is 1.98. The van der Waals surface area contributed by atoms with Crippen molar-refractivity contribution in [1.29, 1.82) is 0 Å². The second-order valence-corrected chi connectivity index (χ2v) is 4.40. The van der Waals surface area contributed by atoms with Crippen LogP contribution in [0.15, 0.2) is 36.4 Å². The van der Waals surface area contributed by atoms with Crippen molar-refractivity contribution in [3.8, 4) is 0 Å². The normalized spacial score (nSPS) is 12.5. The summed E-state index contributed by atoms with van der Waals surface area (Å²) in [6.07, 6.45) is -1.29. The van der Waals surface area contributed by atoms with Crippen LogP contribution >= 0.6 is 0 Å². The number of halogens is 2. The van der Waals surface area contributed by atoms with Crippen LogP contribution in [0.4, 0.5) is 8.78 Å². The van der Waals surface area contributed by atoms with E-state index in [-0.39, 0.29) is 5.56 Å². The van der Waals surface area contributed by atoms with E-state index in [9.17, 15) is 13.9 Å². The SMILES string of the molecule is Cc1ccc(C)c(C(O)c2c(F)cccc2F)c1. The lowest BCUT2D eigenvalue weighted by atomic mass is 9.95. The van der Waals surface area contributed by atoms with Crippen molar-refractivity contribution in [2.24, 2.45) is 0 Å². The average molecular weight is 248 g/mol. The van der Waals surface area contributed by atoms with Gasteiger partial charge in [0.25, 0.3) is 0 Å². The summed E-state index contributed by atoms with van der Waals surface area (Å²) in [5.74, 6) is -1.47. The van der Waals surface area contributed by atoms with Gasteiger partial charge in [0.1, 0.15) is 17.7 Å². The highest BCUT2D eigenvalue weighted by Crippen LogP contribution is 2.29. The molecule has 18 heavy (non-hydrogen) atoms. The van der Waals surface area contributed by atoms with Gasteiger partial charge in [-0.15, -0.1) is 0 Å². The summed E-state index contributed by atoms with van der Waals surface area (Å²) in [7, 11) is 0. The molecule has 0 fully saturated rings. The number of hydrogen-bond acceptors (Lipinski definition) is 1. The molecule has 0 aliphatic carbocycles. The molecule has 0 heterocycles. The highest BCUT2D eigenvalue weighted by Gasteiger charge is 2.20. The van der Waals surface area contributed by atoms with E-state index in [0.29, 0.717) is 5.56 Å². The molecule has 0 radical (unpaired) electrons. The maximum Gasteiger partial charge on any atom is 0.132 e. The zero-order valence-electron chi connectivity index (χ0n) is 10.2. The van der Waals surface area contributed by atoms with Gasteiger partial charge in [-0.25, -0.2) is 8.78 Å². The van der Waals surface area contributed by atoms with Crippen molar-refractivity contribution in [1.82, 2.24) is 0 Å². The van der Waals surface area contributed by atoms with Gasteiger partial charge >= 0.3 is 0 Å². The van der Waals surface area contributed by atoms with Crippen LogP contribution in [-0.4, -0.2) is 5.11 Å². The van der Waals surface area contributed by atoms with Gasteiger partial charge < -0.3 is 5.11 Å². The number of benzene rings is 2. The van der Waals surface area contributed by atoms with E-state index in [0.717, 1.165) is 23.3 Å². The molecule has 1 nitrogen and oxygen atoms in total. The molecule has 0 aliphatic heterocycles. The van der Waals surface area contributed by atoms with Gasteiger partial charge in [-0.3, -0.25) is 0 Å². The predicted molar refractivity (Wildman–Crippen MR) is 66.3 cm³/mol. The monoisotopic (exact) mass is 248 g/mol. The van der Waals surface area contributed by atoms with E-state index in [4.69, 9.17) is 0 Å². The lowest BCUT2D eigenvalue weighted by Gasteiger charge is -2.16. The summed E-state index contributed by atoms with van der Waals surface area (Å²) in [5, 5.41) is 10.2. The highest BCUT2D eigenvalue weighted by atomic mass is 19.1. The Bertz CT molecular complexity index is 558. The molecule has 94 valence electrons. The molecule has 0 bridgehead atoms. The van der Waals surface area contributed by atoms with Crippen LogP contribution in [0.1, 0.15) is 28.4 Å². The van der Waals surface area contributed by atoms with Crippen LogP contribution < -0.4 is 0 Å². The first-order valence-electron chi connectivity index (χ1n) is 5.70. The Labute approximate surface area is 105 Å². The van der Waals surface area contributed by atoms with Crippen LogP contribution in [0.25, 0.3) is 0 Å². The first-order chi connectivity index (χ1) is 8.50. The summed E-state index contributed by atoms with van der Waals surface area (Å²) < 4.78 is 27.2. The van der Waals surface area contributed by atoms with E-state index >= 15 is 0 Å². The van der Waals surface area contributed by atoms with Crippen LogP contribution in [0.5, 0.6) is 0 Å². The van der Waals surface area contributed by atoms with Crippen LogP contribution in [0.2, 0.25) is 0 Å². The van der Waals surface area contributed by atoms with Crippen molar-refractivity contribution in [2.45, 2.75) is 20.0 Å². The standard InChI is InChI=1S/C15H14F2O/c1-9-6-7-10(2)11(8-9)15(18)14-12(16)4-3-5-13(14)17/h3-8,15,18H,1-2H3. The second kappa shape index (κ2) is 4.86. The maximum atomic E-state index is 13.6. The summed E-state index contributed by atoms with van der Waals surface area (Å²) in [6, 6.07) is 9.03. The number of aryl methyl sites for hydroxylation is 2. The largest absolute Gasteiger partial charge is 0.383 e. The zero-order valence-corrected chi connectivity index (χ0v) is 10.2. The van der Waals surface area contributed by atoms with Crippen molar-refractivity contribution < 1.29 is 13.9 Å². The maximum absolute atomic E-state index is 13.6. The molecule has 0 aliphatic rings. The summed E-state index contributed by atoms with van der Waals surface area (Å²) in [5.41, 5.74) is 1.97. The molecule has 2 rings (SSSR count). The van der Waals surface area contributed by atoms with Gasteiger partial charge in [0, 0.05) is 0 Å². The van der Waals surface area contributed by atoms with E-state index < -0.39 is 17.7 Å². The molecule has 1 unspecified atom stereocenters. The van der Waals surface area contributed by atoms with Crippen LogP contribution in [-0.2, 0) is 0 Å². The fourth-order valence-corrected chi connectivity index (χ4v) is 1.98. The Morgan fingerprint density at radius 2 is 1.61 bits per heavy atom. The molecule has 1 atom stereocenters. The topological polar surface area (TPSA) is 20.2 Å². The van der Waals surface area contributed by atoms with Gasteiger partial charge in [0.2, 0.25) is 0 Å². The fraction of sp³-hybridized carbons (Fsp3) is 0.200. The predicted octanol–water partition coefficient (Wildman–Crippen LogP) is 3.66. The smallest absolute Gasteiger partial charge is 0.132 e. The number of aliphatic hydroxyl groups is 1. The molecule has 1 N–H and O–H groups in total.